The summed E-state index contributed by atoms with van der Waals surface area (Å²) in [6, 6.07) is 6.25. The maximum atomic E-state index is 12.1. The minimum atomic E-state index is -3.33. The Balaban J connectivity index is 2.12. The average Bonchev–Trinajstić information content (AvgIpc) is 2.70. The Morgan fingerprint density at radius 3 is 2.29 bits per heavy atom. The van der Waals surface area contributed by atoms with E-state index in [-0.39, 0.29) is 11.4 Å². The molecule has 0 unspecified atom stereocenters. The lowest BCUT2D eigenvalue weighted by Gasteiger charge is -2.08. The molecule has 1 aromatic carbocycles. The Bertz CT molecular complexity index is 745. The van der Waals surface area contributed by atoms with Gasteiger partial charge in [0, 0.05) is 18.4 Å². The number of hydrogen-bond donors (Lipinski definition) is 3. The highest BCUT2D eigenvalue weighted by atomic mass is 32.2. The van der Waals surface area contributed by atoms with Gasteiger partial charge in [-0.05, 0) is 24.3 Å². The van der Waals surface area contributed by atoms with E-state index in [1.54, 1.807) is 31.3 Å². The van der Waals surface area contributed by atoms with Crippen molar-refractivity contribution in [3.63, 3.8) is 0 Å². The van der Waals surface area contributed by atoms with Crippen LogP contribution in [0.1, 0.15) is 10.5 Å². The smallest absolute Gasteiger partial charge is 0.276 e. The van der Waals surface area contributed by atoms with E-state index in [1.165, 1.54) is 10.9 Å². The molecule has 2 rings (SSSR count). The third-order valence-corrected chi connectivity index (χ3v) is 3.23. The molecule has 112 valence electrons. The zero-order chi connectivity index (χ0) is 15.6. The van der Waals surface area contributed by atoms with Crippen LogP contribution in [0.5, 0.6) is 0 Å². The van der Waals surface area contributed by atoms with Gasteiger partial charge in [0.1, 0.15) is 5.69 Å². The molecule has 8 nitrogen and oxygen atoms in total. The van der Waals surface area contributed by atoms with E-state index in [4.69, 9.17) is 5.73 Å². The van der Waals surface area contributed by atoms with Crippen LogP contribution in [0, 0.1) is 0 Å². The van der Waals surface area contributed by atoms with Crippen molar-refractivity contribution in [2.45, 2.75) is 0 Å². The molecule has 1 heterocycles. The number of hydrogen-bond acceptors (Lipinski definition) is 5. The number of carbonyl (C=O) groups excluding carboxylic acids is 1. The highest BCUT2D eigenvalue weighted by molar-refractivity contribution is 7.92. The molecule has 0 aliphatic rings. The second kappa shape index (κ2) is 5.44. The van der Waals surface area contributed by atoms with Crippen molar-refractivity contribution in [3.05, 3.63) is 36.2 Å². The topological polar surface area (TPSA) is 119 Å². The zero-order valence-corrected chi connectivity index (χ0v) is 12.3. The quantitative estimate of drug-likeness (QED) is 0.765. The van der Waals surface area contributed by atoms with Crippen molar-refractivity contribution in [1.82, 2.24) is 9.78 Å². The summed E-state index contributed by atoms with van der Waals surface area (Å²) in [5.41, 5.74) is 7.14. The summed E-state index contributed by atoms with van der Waals surface area (Å²) in [7, 11) is -1.71. The molecule has 0 aliphatic carbocycles. The summed E-state index contributed by atoms with van der Waals surface area (Å²) in [6.07, 6.45) is 2.46. The molecule has 9 heteroatoms. The van der Waals surface area contributed by atoms with Crippen LogP contribution in [-0.4, -0.2) is 30.4 Å². The Morgan fingerprint density at radius 1 is 1.24 bits per heavy atom. The van der Waals surface area contributed by atoms with Gasteiger partial charge in [-0.3, -0.25) is 14.2 Å². The number of nitrogen functional groups attached to an aromatic ring is 1. The van der Waals surface area contributed by atoms with E-state index in [0.717, 1.165) is 6.26 Å². The lowest BCUT2D eigenvalue weighted by atomic mass is 10.2. The van der Waals surface area contributed by atoms with Gasteiger partial charge in [0.15, 0.2) is 0 Å². The zero-order valence-electron chi connectivity index (χ0n) is 11.5. The van der Waals surface area contributed by atoms with Crippen molar-refractivity contribution >= 4 is 33.0 Å². The molecule has 1 aromatic heterocycles. The minimum Gasteiger partial charge on any atom is -0.396 e. The molecule has 1 amide bonds. The van der Waals surface area contributed by atoms with Crippen LogP contribution >= 0.6 is 0 Å². The summed E-state index contributed by atoms with van der Waals surface area (Å²) < 4.78 is 25.9. The SMILES string of the molecule is Cn1ncc(N)c1C(=O)Nc1ccc(NS(C)(=O)=O)cc1. The van der Waals surface area contributed by atoms with Crippen LogP contribution < -0.4 is 15.8 Å². The molecule has 0 radical (unpaired) electrons. The third kappa shape index (κ3) is 3.72. The van der Waals surface area contributed by atoms with Crippen LogP contribution in [0.25, 0.3) is 0 Å². The van der Waals surface area contributed by atoms with Crippen molar-refractivity contribution in [1.29, 1.82) is 0 Å². The first-order valence-electron chi connectivity index (χ1n) is 5.93. The molecule has 21 heavy (non-hydrogen) atoms. The minimum absolute atomic E-state index is 0.258. The van der Waals surface area contributed by atoms with Gasteiger partial charge in [0.25, 0.3) is 5.91 Å². The van der Waals surface area contributed by atoms with Crippen molar-refractivity contribution < 1.29 is 13.2 Å². The van der Waals surface area contributed by atoms with Gasteiger partial charge in [0.2, 0.25) is 10.0 Å². The van der Waals surface area contributed by atoms with Crippen LogP contribution in [0.2, 0.25) is 0 Å². The molecular weight excluding hydrogens is 294 g/mol. The molecule has 0 saturated carbocycles. The first-order valence-corrected chi connectivity index (χ1v) is 7.82. The Morgan fingerprint density at radius 2 is 1.81 bits per heavy atom. The van der Waals surface area contributed by atoms with E-state index < -0.39 is 15.9 Å². The van der Waals surface area contributed by atoms with E-state index in [0.29, 0.717) is 11.4 Å². The van der Waals surface area contributed by atoms with Gasteiger partial charge < -0.3 is 11.1 Å². The lowest BCUT2D eigenvalue weighted by Crippen LogP contribution is -2.17. The number of anilines is 3. The highest BCUT2D eigenvalue weighted by Crippen LogP contribution is 2.17. The molecule has 2 aromatic rings. The number of carbonyl (C=O) groups is 1. The summed E-state index contributed by atoms with van der Waals surface area (Å²) in [4.78, 5) is 12.1. The van der Waals surface area contributed by atoms with E-state index in [9.17, 15) is 13.2 Å². The van der Waals surface area contributed by atoms with Crippen molar-refractivity contribution in [3.8, 4) is 0 Å². The summed E-state index contributed by atoms with van der Waals surface area (Å²) >= 11 is 0. The average molecular weight is 309 g/mol. The van der Waals surface area contributed by atoms with Crippen LogP contribution in [0.4, 0.5) is 17.1 Å². The van der Waals surface area contributed by atoms with Crippen LogP contribution in [0.3, 0.4) is 0 Å². The Kier molecular flexibility index (Phi) is 3.85. The fraction of sp³-hybridized carbons (Fsp3) is 0.167. The van der Waals surface area contributed by atoms with Gasteiger partial charge in [-0.15, -0.1) is 0 Å². The predicted octanol–water partition coefficient (Wildman–Crippen LogP) is 0.626. The summed E-state index contributed by atoms with van der Waals surface area (Å²) in [6.45, 7) is 0. The van der Waals surface area contributed by atoms with Crippen LogP contribution in [-0.2, 0) is 17.1 Å². The Labute approximate surface area is 122 Å². The van der Waals surface area contributed by atoms with Crippen LogP contribution in [0.15, 0.2) is 30.5 Å². The van der Waals surface area contributed by atoms with Crippen molar-refractivity contribution in [2.24, 2.45) is 7.05 Å². The molecule has 0 atom stereocenters. The lowest BCUT2D eigenvalue weighted by molar-refractivity contribution is 0.101. The van der Waals surface area contributed by atoms with E-state index in [1.807, 2.05) is 0 Å². The summed E-state index contributed by atoms with van der Waals surface area (Å²) in [5.74, 6) is -0.392. The highest BCUT2D eigenvalue weighted by Gasteiger charge is 2.15. The van der Waals surface area contributed by atoms with Crippen molar-refractivity contribution in [2.75, 3.05) is 22.0 Å². The molecule has 0 spiro atoms. The second-order valence-corrected chi connectivity index (χ2v) is 6.23. The number of benzene rings is 1. The molecular formula is C12H15N5O3S. The second-order valence-electron chi connectivity index (χ2n) is 4.48. The normalized spacial score (nSPS) is 11.1. The summed E-state index contributed by atoms with van der Waals surface area (Å²) in [5, 5.41) is 6.55. The molecule has 0 aliphatic heterocycles. The third-order valence-electron chi connectivity index (χ3n) is 2.63. The fourth-order valence-electron chi connectivity index (χ4n) is 1.76. The molecule has 0 bridgehead atoms. The maximum Gasteiger partial charge on any atom is 0.276 e. The standard InChI is InChI=1S/C12H15N5O3S/c1-17-11(10(13)7-14-17)12(18)15-8-3-5-9(6-4-8)16-21(2,19)20/h3-7,16H,13H2,1-2H3,(H,15,18). The molecule has 0 saturated heterocycles. The molecule has 4 N–H and O–H groups in total. The number of rotatable bonds is 4. The number of nitrogens with zero attached hydrogens (tertiary/aromatic N) is 2. The van der Waals surface area contributed by atoms with E-state index >= 15 is 0 Å². The number of nitrogens with one attached hydrogen (secondary N) is 2. The van der Waals surface area contributed by atoms with Gasteiger partial charge >= 0.3 is 0 Å². The predicted molar refractivity (Wildman–Crippen MR) is 80.5 cm³/mol. The maximum absolute atomic E-state index is 12.1. The first-order chi connectivity index (χ1) is 9.76. The fourth-order valence-corrected chi connectivity index (χ4v) is 2.32. The molecule has 0 fully saturated rings. The van der Waals surface area contributed by atoms with E-state index in [2.05, 4.69) is 15.1 Å². The number of aryl methyl sites for hydroxylation is 1. The number of nitrogens with two attached hydrogens (primary N) is 1. The largest absolute Gasteiger partial charge is 0.396 e. The number of sulfonamides is 1. The van der Waals surface area contributed by atoms with Gasteiger partial charge in [-0.1, -0.05) is 0 Å². The van der Waals surface area contributed by atoms with Gasteiger partial charge in [-0.25, -0.2) is 8.42 Å². The Hall–Kier alpha value is -2.55. The first kappa shape index (κ1) is 14.9. The monoisotopic (exact) mass is 309 g/mol. The van der Waals surface area contributed by atoms with Gasteiger partial charge in [-0.2, -0.15) is 5.10 Å². The number of amides is 1. The van der Waals surface area contributed by atoms with Gasteiger partial charge in [0.05, 0.1) is 18.1 Å². The number of aromatic nitrogens is 2.